The van der Waals surface area contributed by atoms with Crippen molar-refractivity contribution in [2.24, 2.45) is 0 Å². The number of hydrogen-bond donors (Lipinski definition) is 0. The molecule has 2 aromatic rings. The van der Waals surface area contributed by atoms with E-state index >= 15 is 0 Å². The van der Waals surface area contributed by atoms with Crippen LogP contribution in [0.1, 0.15) is 88.9 Å². The average Bonchev–Trinajstić information content (AvgIpc) is 2.88. The topological polar surface area (TPSA) is 54.0 Å². The Labute approximate surface area is 242 Å². The third-order valence-corrected chi connectivity index (χ3v) is 7.26. The molecule has 0 saturated carbocycles. The number of carbonyl (C=O) groups is 1. The van der Waals surface area contributed by atoms with E-state index in [1.807, 2.05) is 12.1 Å². The van der Waals surface area contributed by atoms with E-state index in [1.165, 1.54) is 0 Å². The average molecular weight is 544 g/mol. The van der Waals surface area contributed by atoms with Crippen LogP contribution in [0.4, 0.5) is 0 Å². The molecule has 0 radical (unpaired) electrons. The molecule has 0 aromatic heterocycles. The summed E-state index contributed by atoms with van der Waals surface area (Å²) in [5.74, 6) is 2.45. The van der Waals surface area contributed by atoms with Crippen LogP contribution in [0.5, 0.6) is 23.0 Å². The van der Waals surface area contributed by atoms with Crippen LogP contribution in [-0.4, -0.2) is 32.5 Å². The molecule has 0 aliphatic rings. The number of halogens is 1. The van der Waals surface area contributed by atoms with E-state index in [4.69, 9.17) is 30.5 Å². The molecular formula is C29H42ClLiO5P+. The number of unbranched alkanes of at least 4 members (excludes halogenated alkanes) is 6. The summed E-state index contributed by atoms with van der Waals surface area (Å²) >= 11 is 6.41. The molecule has 2 aromatic carbocycles. The summed E-state index contributed by atoms with van der Waals surface area (Å²) < 4.78 is 23.9. The second-order valence-electron chi connectivity index (χ2n) is 8.73. The molecule has 5 nitrogen and oxygen atoms in total. The second-order valence-corrected chi connectivity index (χ2v) is 10.3. The van der Waals surface area contributed by atoms with E-state index in [0.717, 1.165) is 63.1 Å². The quantitative estimate of drug-likeness (QED) is 0.138. The van der Waals surface area contributed by atoms with Crippen LogP contribution in [0.2, 0.25) is 5.02 Å². The fourth-order valence-electron chi connectivity index (χ4n) is 3.68. The second kappa shape index (κ2) is 19.7. The monoisotopic (exact) mass is 543 g/mol. The Kier molecular flexibility index (Phi) is 17.9. The van der Waals surface area contributed by atoms with Gasteiger partial charge in [-0.3, -0.25) is 4.79 Å². The predicted octanol–water partition coefficient (Wildman–Crippen LogP) is 5.20. The van der Waals surface area contributed by atoms with E-state index in [9.17, 15) is 4.79 Å². The fraction of sp³-hybridized carbons (Fsp3) is 0.552. The van der Waals surface area contributed by atoms with E-state index < -0.39 is 0 Å². The first kappa shape index (κ1) is 33.7. The van der Waals surface area contributed by atoms with Gasteiger partial charge in [-0.2, -0.15) is 0 Å². The van der Waals surface area contributed by atoms with Gasteiger partial charge in [0, 0.05) is 12.1 Å². The molecule has 0 heterocycles. The van der Waals surface area contributed by atoms with Crippen LogP contribution in [0.3, 0.4) is 0 Å². The third-order valence-electron chi connectivity index (χ3n) is 5.73. The largest absolute Gasteiger partial charge is 1.00 e. The van der Waals surface area contributed by atoms with Gasteiger partial charge in [0.05, 0.1) is 42.8 Å². The molecule has 1 unspecified atom stereocenters. The number of ether oxygens (including phenoxy) is 4. The summed E-state index contributed by atoms with van der Waals surface area (Å²) in [6.07, 6.45) is 9.51. The van der Waals surface area contributed by atoms with Crippen molar-refractivity contribution in [1.29, 1.82) is 0 Å². The fourth-order valence-corrected chi connectivity index (χ4v) is 5.16. The zero-order valence-electron chi connectivity index (χ0n) is 23.3. The van der Waals surface area contributed by atoms with E-state index in [0.29, 0.717) is 53.4 Å². The van der Waals surface area contributed by atoms with E-state index in [1.54, 1.807) is 25.3 Å². The first-order valence-electron chi connectivity index (χ1n) is 13.3. The Hall–Kier alpha value is -1.37. The van der Waals surface area contributed by atoms with Gasteiger partial charge < -0.3 is 18.9 Å². The first-order valence-corrected chi connectivity index (χ1v) is 14.6. The van der Waals surface area contributed by atoms with Gasteiger partial charge in [0.15, 0.2) is 5.52 Å². The Morgan fingerprint density at radius 3 is 1.78 bits per heavy atom. The maximum atomic E-state index is 13.5. The molecule has 0 saturated heterocycles. The van der Waals surface area contributed by atoms with Crippen molar-refractivity contribution in [3.05, 3.63) is 40.9 Å². The van der Waals surface area contributed by atoms with E-state index in [2.05, 4.69) is 20.8 Å². The molecule has 0 bridgehead atoms. The number of carbonyl (C=O) groups excluding carboxylic acids is 1. The van der Waals surface area contributed by atoms with Gasteiger partial charge in [-0.05, 0) is 40.0 Å². The molecule has 0 aliphatic carbocycles. The van der Waals surface area contributed by atoms with Crippen LogP contribution in [0.15, 0.2) is 30.3 Å². The standard InChI is InChI=1S/C29H42ClO5P.Li/c1-5-8-11-17-33-22-20-25(34-18-12-9-6-2)28(26(21-22)35-19-13-10-7-3)36-29(31)27-23(30)15-14-16-24(27)32-4;/h14-16,20-21,36H,5-13,17-19H2,1-4H3;/q;+1. The van der Waals surface area contributed by atoms with Gasteiger partial charge in [0.2, 0.25) is 0 Å². The molecule has 0 amide bonds. The minimum Gasteiger partial charge on any atom is -0.496 e. The molecule has 200 valence electrons. The predicted molar refractivity (Wildman–Crippen MR) is 152 cm³/mol. The van der Waals surface area contributed by atoms with Gasteiger partial charge in [-0.25, -0.2) is 0 Å². The zero-order valence-corrected chi connectivity index (χ0v) is 25.0. The van der Waals surface area contributed by atoms with Crippen LogP contribution < -0.4 is 43.1 Å². The summed E-state index contributed by atoms with van der Waals surface area (Å²) in [5.41, 5.74) is 0.264. The molecule has 0 N–H and O–H groups in total. The van der Waals surface area contributed by atoms with Crippen LogP contribution >= 0.6 is 20.2 Å². The summed E-state index contributed by atoms with van der Waals surface area (Å²) in [7, 11) is 1.31. The maximum absolute atomic E-state index is 13.5. The molecule has 37 heavy (non-hydrogen) atoms. The maximum Gasteiger partial charge on any atom is 1.00 e. The molecule has 0 fully saturated rings. The van der Waals surface area contributed by atoms with Gasteiger partial charge in [0.25, 0.3) is 0 Å². The zero-order chi connectivity index (χ0) is 26.2. The van der Waals surface area contributed by atoms with Crippen molar-refractivity contribution >= 4 is 31.0 Å². The molecule has 1 atom stereocenters. The van der Waals surface area contributed by atoms with Gasteiger partial charge in [-0.1, -0.05) is 77.0 Å². The Bertz CT molecular complexity index is 908. The smallest absolute Gasteiger partial charge is 0.496 e. The minimum absolute atomic E-state index is 0. The molecule has 0 spiro atoms. The van der Waals surface area contributed by atoms with Crippen molar-refractivity contribution in [2.75, 3.05) is 26.9 Å². The molecule has 0 aliphatic heterocycles. The van der Waals surface area contributed by atoms with Crippen molar-refractivity contribution < 1.29 is 42.6 Å². The first-order chi connectivity index (χ1) is 17.5. The summed E-state index contributed by atoms with van der Waals surface area (Å²) in [5, 5.41) is 1.12. The third kappa shape index (κ3) is 11.5. The number of benzene rings is 2. The van der Waals surface area contributed by atoms with Crippen molar-refractivity contribution in [3.8, 4) is 23.0 Å². The normalized spacial score (nSPS) is 10.8. The number of methoxy groups -OCH3 is 1. The summed E-state index contributed by atoms with van der Waals surface area (Å²) in [6, 6.07) is 9.03. The number of rotatable bonds is 19. The van der Waals surface area contributed by atoms with Crippen LogP contribution in [0.25, 0.3) is 0 Å². The van der Waals surface area contributed by atoms with Gasteiger partial charge in [-0.15, -0.1) is 0 Å². The Morgan fingerprint density at radius 1 is 0.784 bits per heavy atom. The number of hydrogen-bond acceptors (Lipinski definition) is 5. The van der Waals surface area contributed by atoms with Crippen LogP contribution in [-0.2, 0) is 0 Å². The minimum atomic E-state index is -0.237. The summed E-state index contributed by atoms with van der Waals surface area (Å²) in [6.45, 7) is 8.28. The Morgan fingerprint density at radius 2 is 1.30 bits per heavy atom. The SMILES string of the molecule is CCCCCOc1cc(OCCCCC)c(PC(=O)c2c(Cl)cccc2OC)c(OCCCCC)c1.[Li+]. The molecule has 2 rings (SSSR count). The van der Waals surface area contributed by atoms with Crippen molar-refractivity contribution in [3.63, 3.8) is 0 Å². The van der Waals surface area contributed by atoms with E-state index in [-0.39, 0.29) is 33.0 Å². The van der Waals surface area contributed by atoms with Crippen molar-refractivity contribution in [2.45, 2.75) is 78.6 Å². The van der Waals surface area contributed by atoms with Crippen molar-refractivity contribution in [1.82, 2.24) is 0 Å². The molecule has 8 heteroatoms. The van der Waals surface area contributed by atoms with Gasteiger partial charge >= 0.3 is 18.9 Å². The molecular weight excluding hydrogens is 502 g/mol. The Balaban J connectivity index is 0.00000684. The summed E-state index contributed by atoms with van der Waals surface area (Å²) in [4.78, 5) is 13.5. The van der Waals surface area contributed by atoms with Gasteiger partial charge in [0.1, 0.15) is 23.0 Å². The van der Waals surface area contributed by atoms with Crippen LogP contribution in [0, 0.1) is 0 Å².